The fourth-order valence-corrected chi connectivity index (χ4v) is 4.84. The average molecular weight is 641 g/mol. The third-order valence-electron chi connectivity index (χ3n) is 6.83. The molecule has 4 rings (SSSR count). The third-order valence-corrected chi connectivity index (χ3v) is 7.14. The maximum atomic E-state index is 13.6. The van der Waals surface area contributed by atoms with Crippen molar-refractivity contribution in [3.63, 3.8) is 0 Å². The van der Waals surface area contributed by atoms with Crippen LogP contribution in [0.2, 0.25) is 5.02 Å². The summed E-state index contributed by atoms with van der Waals surface area (Å²) in [6.07, 6.45) is -0.921. The maximum Gasteiger partial charge on any atom is 0.503 e. The number of carboxylic acid groups (broad SMARTS) is 2. The van der Waals surface area contributed by atoms with Crippen LogP contribution in [-0.4, -0.2) is 71.4 Å². The number of benzene rings is 2. The standard InChI is InChI=1S/C30H34ClF2N3O2.CH2O3.ClH/c1-20-7-4-5-8-23(20)24-10-12-26(29(37)34-22-13-15-30(32,33)16-14-22)35-28(24)21-9-11-25(31)27(19-21)38-18-6-17-36(2)3;2-1(3)4;/h4-5,7-12,19,22H,6,13-18H2,1-3H3,(H,34,37);(H2,2,3,4);1H. The summed E-state index contributed by atoms with van der Waals surface area (Å²) in [6.45, 7) is 3.44. The molecule has 0 saturated heterocycles. The Morgan fingerprint density at radius 1 is 1.07 bits per heavy atom. The molecule has 12 heteroatoms. The van der Waals surface area contributed by atoms with E-state index in [2.05, 4.69) is 10.2 Å². The van der Waals surface area contributed by atoms with Crippen molar-refractivity contribution in [2.75, 3.05) is 27.2 Å². The van der Waals surface area contributed by atoms with Crippen molar-refractivity contribution in [3.8, 4) is 28.1 Å². The molecular formula is C31H37Cl2F2N3O5. The SMILES string of the molecule is Cc1ccccc1-c1ccc(C(=O)NC2CCC(F)(F)CC2)nc1-c1ccc(Cl)c(OCCCN(C)C)c1.Cl.O=C(O)O. The zero-order valence-corrected chi connectivity index (χ0v) is 25.9. The van der Waals surface area contributed by atoms with Crippen molar-refractivity contribution >= 4 is 36.1 Å². The van der Waals surface area contributed by atoms with E-state index in [1.165, 1.54) is 0 Å². The number of halogens is 4. The molecule has 0 unspecified atom stereocenters. The molecule has 43 heavy (non-hydrogen) atoms. The van der Waals surface area contributed by atoms with Gasteiger partial charge in [-0.1, -0.05) is 41.9 Å². The van der Waals surface area contributed by atoms with Gasteiger partial charge in [0.05, 0.1) is 17.3 Å². The van der Waals surface area contributed by atoms with E-state index in [1.807, 2.05) is 63.5 Å². The Morgan fingerprint density at radius 2 is 1.72 bits per heavy atom. The lowest BCUT2D eigenvalue weighted by atomic mass is 9.92. The Labute approximate surface area is 261 Å². The number of aromatic nitrogens is 1. The summed E-state index contributed by atoms with van der Waals surface area (Å²) in [5.41, 5.74) is 4.57. The number of ether oxygens (including phenoxy) is 1. The van der Waals surface area contributed by atoms with E-state index in [0.29, 0.717) is 23.1 Å². The van der Waals surface area contributed by atoms with Gasteiger partial charge in [0, 0.05) is 36.6 Å². The average Bonchev–Trinajstić information content (AvgIpc) is 2.93. The summed E-state index contributed by atoms with van der Waals surface area (Å²) in [5.74, 6) is -2.46. The third kappa shape index (κ3) is 10.9. The van der Waals surface area contributed by atoms with Gasteiger partial charge in [0.25, 0.3) is 5.91 Å². The van der Waals surface area contributed by atoms with Crippen LogP contribution in [0.5, 0.6) is 5.75 Å². The van der Waals surface area contributed by atoms with E-state index >= 15 is 0 Å². The Kier molecular flexibility index (Phi) is 13.6. The number of nitrogens with zero attached hydrogens (tertiary/aromatic N) is 2. The summed E-state index contributed by atoms with van der Waals surface area (Å²) in [6, 6.07) is 16.8. The molecule has 2 aromatic carbocycles. The van der Waals surface area contributed by atoms with Crippen LogP contribution in [0, 0.1) is 6.92 Å². The molecule has 0 atom stereocenters. The van der Waals surface area contributed by atoms with E-state index in [1.54, 1.807) is 12.1 Å². The Bertz CT molecular complexity index is 1380. The number of amides is 1. The highest BCUT2D eigenvalue weighted by atomic mass is 35.5. The van der Waals surface area contributed by atoms with Crippen molar-refractivity contribution in [2.45, 2.75) is 51.0 Å². The van der Waals surface area contributed by atoms with E-state index < -0.39 is 12.1 Å². The van der Waals surface area contributed by atoms with Gasteiger partial charge in [-0.3, -0.25) is 4.79 Å². The quantitative estimate of drug-likeness (QED) is 0.206. The second-order valence-electron chi connectivity index (χ2n) is 10.4. The minimum absolute atomic E-state index is 0. The first-order valence-electron chi connectivity index (χ1n) is 13.6. The molecule has 3 N–H and O–H groups in total. The highest BCUT2D eigenvalue weighted by Gasteiger charge is 2.35. The Morgan fingerprint density at radius 3 is 2.35 bits per heavy atom. The van der Waals surface area contributed by atoms with E-state index in [0.717, 1.165) is 35.2 Å². The monoisotopic (exact) mass is 639 g/mol. The lowest BCUT2D eigenvalue weighted by Crippen LogP contribution is -2.40. The number of carbonyl (C=O) groups excluding carboxylic acids is 1. The highest BCUT2D eigenvalue weighted by molar-refractivity contribution is 6.32. The number of alkyl halides is 2. The van der Waals surface area contributed by atoms with Crippen molar-refractivity contribution in [3.05, 3.63) is 70.9 Å². The second kappa shape index (κ2) is 16.4. The molecule has 1 saturated carbocycles. The van der Waals surface area contributed by atoms with Gasteiger partial charge in [-0.25, -0.2) is 18.6 Å². The zero-order valence-electron chi connectivity index (χ0n) is 24.3. The molecule has 234 valence electrons. The van der Waals surface area contributed by atoms with Crippen LogP contribution < -0.4 is 10.1 Å². The summed E-state index contributed by atoms with van der Waals surface area (Å²) >= 11 is 6.44. The lowest BCUT2D eigenvalue weighted by molar-refractivity contribution is -0.0399. The second-order valence-corrected chi connectivity index (χ2v) is 10.9. The number of hydrogen-bond acceptors (Lipinski definition) is 5. The molecule has 1 fully saturated rings. The number of rotatable bonds is 9. The summed E-state index contributed by atoms with van der Waals surface area (Å²) in [4.78, 5) is 28.5. The first kappa shape index (κ1) is 35.7. The molecule has 0 aliphatic heterocycles. The van der Waals surface area contributed by atoms with Crippen LogP contribution in [0.1, 0.15) is 48.2 Å². The van der Waals surface area contributed by atoms with Gasteiger partial charge < -0.3 is 25.2 Å². The fraction of sp³-hybridized carbons (Fsp3) is 0.387. The van der Waals surface area contributed by atoms with E-state index in [-0.39, 0.29) is 55.7 Å². The van der Waals surface area contributed by atoms with Gasteiger partial charge in [-0.05, 0) is 75.7 Å². The highest BCUT2D eigenvalue weighted by Crippen LogP contribution is 2.37. The van der Waals surface area contributed by atoms with E-state index in [4.69, 9.17) is 36.3 Å². The lowest BCUT2D eigenvalue weighted by Gasteiger charge is -2.28. The van der Waals surface area contributed by atoms with Gasteiger partial charge in [0.15, 0.2) is 0 Å². The molecule has 8 nitrogen and oxygen atoms in total. The predicted octanol–water partition coefficient (Wildman–Crippen LogP) is 7.66. The van der Waals surface area contributed by atoms with Gasteiger partial charge in [-0.2, -0.15) is 0 Å². The molecular weight excluding hydrogens is 603 g/mol. The first-order valence-corrected chi connectivity index (χ1v) is 14.0. The Balaban J connectivity index is 0.00000121. The van der Waals surface area contributed by atoms with Crippen LogP contribution in [0.25, 0.3) is 22.4 Å². The summed E-state index contributed by atoms with van der Waals surface area (Å²) < 4.78 is 33.1. The van der Waals surface area contributed by atoms with Crippen molar-refractivity contribution in [1.82, 2.24) is 15.2 Å². The zero-order chi connectivity index (χ0) is 30.9. The maximum absolute atomic E-state index is 13.6. The van der Waals surface area contributed by atoms with Gasteiger partial charge in [0.2, 0.25) is 5.92 Å². The number of aryl methyl sites for hydroxylation is 1. The first-order chi connectivity index (χ1) is 19.9. The Hall–Kier alpha value is -3.47. The molecule has 3 aromatic rings. The van der Waals surface area contributed by atoms with Gasteiger partial charge >= 0.3 is 6.16 Å². The van der Waals surface area contributed by atoms with Crippen LogP contribution in [0.4, 0.5) is 13.6 Å². The van der Waals surface area contributed by atoms with Crippen molar-refractivity contribution < 1.29 is 33.3 Å². The molecule has 0 radical (unpaired) electrons. The largest absolute Gasteiger partial charge is 0.503 e. The van der Waals surface area contributed by atoms with E-state index in [9.17, 15) is 13.6 Å². The minimum atomic E-state index is -2.65. The van der Waals surface area contributed by atoms with Crippen LogP contribution in [0.15, 0.2) is 54.6 Å². The molecule has 1 aromatic heterocycles. The van der Waals surface area contributed by atoms with Crippen LogP contribution in [0.3, 0.4) is 0 Å². The van der Waals surface area contributed by atoms with Crippen LogP contribution >= 0.6 is 24.0 Å². The minimum Gasteiger partial charge on any atom is -0.492 e. The fourth-order valence-electron chi connectivity index (χ4n) is 4.67. The van der Waals surface area contributed by atoms with Crippen molar-refractivity contribution in [2.24, 2.45) is 0 Å². The van der Waals surface area contributed by atoms with Gasteiger partial charge in [0.1, 0.15) is 11.4 Å². The smallest absolute Gasteiger partial charge is 0.492 e. The molecule has 0 bridgehead atoms. The van der Waals surface area contributed by atoms with Gasteiger partial charge in [-0.15, -0.1) is 12.4 Å². The molecule has 1 aliphatic carbocycles. The molecule has 1 heterocycles. The number of carbonyl (C=O) groups is 2. The topological polar surface area (TPSA) is 112 Å². The number of hydrogen-bond donors (Lipinski definition) is 3. The number of pyridine rings is 1. The number of nitrogens with one attached hydrogen (secondary N) is 1. The summed E-state index contributed by atoms with van der Waals surface area (Å²) in [5, 5.41) is 17.3. The summed E-state index contributed by atoms with van der Waals surface area (Å²) in [7, 11) is 4.03. The predicted molar refractivity (Wildman–Crippen MR) is 166 cm³/mol. The van der Waals surface area contributed by atoms with Crippen molar-refractivity contribution in [1.29, 1.82) is 0 Å². The molecule has 1 aliphatic rings. The normalized spacial score (nSPS) is 14.2. The molecule has 0 spiro atoms. The molecule has 1 amide bonds. The van der Waals surface area contributed by atoms with Crippen LogP contribution in [-0.2, 0) is 0 Å².